The van der Waals surface area contributed by atoms with Crippen LogP contribution in [0.1, 0.15) is 39.2 Å². The van der Waals surface area contributed by atoms with Gasteiger partial charge in [0, 0.05) is 24.3 Å². The standard InChI is InChI=1S/C21H28F2N4O3/c1-13(2)10-21(3,24)12-30-17-11-26-16(9-15(17)19(22)23)14-6-7-25-18(8-14)27(4)20(28)29-5/h6-9,11,13,19H,10,12,24H2,1-5H3/t21-/m0/s1. The smallest absolute Gasteiger partial charge is 0.414 e. The fourth-order valence-corrected chi connectivity index (χ4v) is 3.13. The van der Waals surface area contributed by atoms with E-state index in [0.29, 0.717) is 29.4 Å². The van der Waals surface area contributed by atoms with E-state index in [1.807, 2.05) is 20.8 Å². The topological polar surface area (TPSA) is 90.6 Å². The number of alkyl halides is 2. The highest BCUT2D eigenvalue weighted by molar-refractivity contribution is 5.86. The molecule has 0 saturated carbocycles. The second kappa shape index (κ2) is 9.80. The summed E-state index contributed by atoms with van der Waals surface area (Å²) in [4.78, 5) is 21.2. The van der Waals surface area contributed by atoms with E-state index in [0.717, 1.165) is 0 Å². The zero-order valence-electron chi connectivity index (χ0n) is 17.9. The maximum absolute atomic E-state index is 13.7. The van der Waals surface area contributed by atoms with Gasteiger partial charge in [-0.25, -0.2) is 18.6 Å². The molecule has 164 valence electrons. The van der Waals surface area contributed by atoms with Crippen molar-refractivity contribution in [3.8, 4) is 17.0 Å². The Morgan fingerprint density at radius 3 is 2.60 bits per heavy atom. The van der Waals surface area contributed by atoms with E-state index in [-0.39, 0.29) is 17.9 Å². The Kier molecular flexibility index (Phi) is 7.66. The number of carbonyl (C=O) groups is 1. The van der Waals surface area contributed by atoms with E-state index in [1.165, 1.54) is 37.5 Å². The third-order valence-corrected chi connectivity index (χ3v) is 4.40. The fraction of sp³-hybridized carbons (Fsp3) is 0.476. The van der Waals surface area contributed by atoms with Gasteiger partial charge in [0.1, 0.15) is 18.2 Å². The van der Waals surface area contributed by atoms with Gasteiger partial charge >= 0.3 is 6.09 Å². The number of hydrogen-bond acceptors (Lipinski definition) is 6. The zero-order valence-corrected chi connectivity index (χ0v) is 17.9. The minimum absolute atomic E-state index is 0.00450. The molecule has 2 aromatic heterocycles. The minimum atomic E-state index is -2.75. The van der Waals surface area contributed by atoms with Crippen molar-refractivity contribution in [2.24, 2.45) is 11.7 Å². The lowest BCUT2D eigenvalue weighted by Gasteiger charge is -2.27. The Bertz CT molecular complexity index is 875. The van der Waals surface area contributed by atoms with Crippen LogP contribution < -0.4 is 15.4 Å². The van der Waals surface area contributed by atoms with Gasteiger partial charge in [-0.2, -0.15) is 0 Å². The number of ether oxygens (including phenoxy) is 2. The first-order valence-electron chi connectivity index (χ1n) is 9.52. The van der Waals surface area contributed by atoms with Crippen molar-refractivity contribution in [2.75, 3.05) is 25.7 Å². The number of pyridine rings is 2. The molecule has 0 aromatic carbocycles. The maximum atomic E-state index is 13.7. The van der Waals surface area contributed by atoms with Crippen LogP contribution >= 0.6 is 0 Å². The summed E-state index contributed by atoms with van der Waals surface area (Å²) in [5, 5.41) is 0. The van der Waals surface area contributed by atoms with Gasteiger partial charge in [0.25, 0.3) is 6.43 Å². The average molecular weight is 422 g/mol. The number of hydrogen-bond donors (Lipinski definition) is 1. The van der Waals surface area contributed by atoms with Crippen LogP contribution in [0.15, 0.2) is 30.6 Å². The predicted octanol–water partition coefficient (Wildman–Crippen LogP) is 4.43. The molecule has 0 radical (unpaired) electrons. The fourth-order valence-electron chi connectivity index (χ4n) is 3.13. The van der Waals surface area contributed by atoms with Gasteiger partial charge in [-0.1, -0.05) is 13.8 Å². The van der Waals surface area contributed by atoms with Crippen molar-refractivity contribution in [1.82, 2.24) is 9.97 Å². The molecule has 2 aromatic rings. The third-order valence-electron chi connectivity index (χ3n) is 4.40. The van der Waals surface area contributed by atoms with E-state index >= 15 is 0 Å². The maximum Gasteiger partial charge on any atom is 0.414 e. The normalized spacial score (nSPS) is 13.3. The number of anilines is 1. The summed E-state index contributed by atoms with van der Waals surface area (Å²) >= 11 is 0. The van der Waals surface area contributed by atoms with Crippen LogP contribution in [0.25, 0.3) is 11.3 Å². The third kappa shape index (κ3) is 6.09. The molecule has 7 nitrogen and oxygen atoms in total. The number of carbonyl (C=O) groups excluding carboxylic acids is 1. The predicted molar refractivity (Wildman–Crippen MR) is 111 cm³/mol. The van der Waals surface area contributed by atoms with Crippen molar-refractivity contribution in [2.45, 2.75) is 39.2 Å². The zero-order chi connectivity index (χ0) is 22.5. The van der Waals surface area contributed by atoms with Gasteiger partial charge in [0.05, 0.1) is 24.6 Å². The summed E-state index contributed by atoms with van der Waals surface area (Å²) in [6.07, 6.45) is 0.0673. The molecule has 0 fully saturated rings. The number of amides is 1. The van der Waals surface area contributed by atoms with E-state index in [4.69, 9.17) is 10.5 Å². The molecule has 9 heteroatoms. The molecule has 0 aliphatic rings. The lowest BCUT2D eigenvalue weighted by molar-refractivity contribution is 0.139. The largest absolute Gasteiger partial charge is 0.490 e. The van der Waals surface area contributed by atoms with Crippen LogP contribution in [0.3, 0.4) is 0 Å². The van der Waals surface area contributed by atoms with Crippen LogP contribution in [0.4, 0.5) is 19.4 Å². The van der Waals surface area contributed by atoms with Crippen LogP contribution in [-0.4, -0.2) is 42.4 Å². The SMILES string of the molecule is COC(=O)N(C)c1cc(-c2cc(C(F)F)c(OC[C@@](C)(N)CC(C)C)cn2)ccn1. The van der Waals surface area contributed by atoms with E-state index in [9.17, 15) is 13.6 Å². The minimum Gasteiger partial charge on any atom is -0.490 e. The summed E-state index contributed by atoms with van der Waals surface area (Å²) in [6.45, 7) is 5.99. The Balaban J connectivity index is 2.30. The number of nitrogens with two attached hydrogens (primary N) is 1. The first-order valence-corrected chi connectivity index (χ1v) is 9.52. The van der Waals surface area contributed by atoms with Gasteiger partial charge in [-0.3, -0.25) is 9.88 Å². The molecule has 0 saturated heterocycles. The number of aromatic nitrogens is 2. The lowest BCUT2D eigenvalue weighted by atomic mass is 9.93. The van der Waals surface area contributed by atoms with E-state index < -0.39 is 18.1 Å². The Labute approximate surface area is 175 Å². The van der Waals surface area contributed by atoms with Crippen LogP contribution in [0.2, 0.25) is 0 Å². The molecule has 2 N–H and O–H groups in total. The van der Waals surface area contributed by atoms with Crippen molar-refractivity contribution >= 4 is 11.9 Å². The molecule has 0 spiro atoms. The van der Waals surface area contributed by atoms with Gasteiger partial charge in [0.2, 0.25) is 0 Å². The number of nitrogens with zero attached hydrogens (tertiary/aromatic N) is 3. The first-order chi connectivity index (χ1) is 14.0. The van der Waals surface area contributed by atoms with E-state index in [2.05, 4.69) is 14.7 Å². The lowest BCUT2D eigenvalue weighted by Crippen LogP contribution is -2.43. The summed E-state index contributed by atoms with van der Waals surface area (Å²) in [6, 6.07) is 4.45. The van der Waals surface area contributed by atoms with Gasteiger partial charge < -0.3 is 15.2 Å². The number of halogens is 2. The first kappa shape index (κ1) is 23.5. The van der Waals surface area contributed by atoms with Crippen LogP contribution in [0, 0.1) is 5.92 Å². The highest BCUT2D eigenvalue weighted by Crippen LogP contribution is 2.33. The molecule has 0 aliphatic carbocycles. The molecule has 0 bridgehead atoms. The molecule has 0 aliphatic heterocycles. The van der Waals surface area contributed by atoms with Crippen molar-refractivity contribution in [3.63, 3.8) is 0 Å². The Morgan fingerprint density at radius 1 is 1.30 bits per heavy atom. The molecule has 2 heterocycles. The summed E-state index contributed by atoms with van der Waals surface area (Å²) in [5.74, 6) is 0.644. The molecule has 1 amide bonds. The molecule has 0 unspecified atom stereocenters. The molecular weight excluding hydrogens is 394 g/mol. The summed E-state index contributed by atoms with van der Waals surface area (Å²) in [5.41, 5.74) is 6.11. The van der Waals surface area contributed by atoms with E-state index in [1.54, 1.807) is 12.1 Å². The number of methoxy groups -OCH3 is 1. The monoisotopic (exact) mass is 422 g/mol. The highest BCUT2D eigenvalue weighted by atomic mass is 19.3. The second-order valence-electron chi connectivity index (χ2n) is 7.88. The van der Waals surface area contributed by atoms with Crippen molar-refractivity contribution < 1.29 is 23.0 Å². The number of rotatable bonds is 8. The molecule has 1 atom stereocenters. The summed E-state index contributed by atoms with van der Waals surface area (Å²) < 4.78 is 37.7. The Morgan fingerprint density at radius 2 is 2.00 bits per heavy atom. The quantitative estimate of drug-likeness (QED) is 0.677. The second-order valence-corrected chi connectivity index (χ2v) is 7.88. The molecular formula is C21H28F2N4O3. The van der Waals surface area contributed by atoms with Gasteiger partial charge in [-0.05, 0) is 37.5 Å². The summed E-state index contributed by atoms with van der Waals surface area (Å²) in [7, 11) is 2.75. The van der Waals surface area contributed by atoms with Crippen molar-refractivity contribution in [1.29, 1.82) is 0 Å². The Hall–Kier alpha value is -2.81. The van der Waals surface area contributed by atoms with Gasteiger partial charge in [0.15, 0.2) is 0 Å². The van der Waals surface area contributed by atoms with Crippen LogP contribution in [-0.2, 0) is 4.74 Å². The van der Waals surface area contributed by atoms with Gasteiger partial charge in [-0.15, -0.1) is 0 Å². The molecule has 2 rings (SSSR count). The van der Waals surface area contributed by atoms with Crippen LogP contribution in [0.5, 0.6) is 5.75 Å². The van der Waals surface area contributed by atoms with Crippen molar-refractivity contribution in [3.05, 3.63) is 36.2 Å². The average Bonchev–Trinajstić information content (AvgIpc) is 2.70. The highest BCUT2D eigenvalue weighted by Gasteiger charge is 2.24. The molecule has 30 heavy (non-hydrogen) atoms.